The molecular formula is C23H26N4O. The fourth-order valence-electron chi connectivity index (χ4n) is 4.42. The molecule has 1 fully saturated rings. The van der Waals surface area contributed by atoms with Crippen molar-refractivity contribution in [2.45, 2.75) is 45.6 Å². The quantitative estimate of drug-likeness (QED) is 0.799. The van der Waals surface area contributed by atoms with Crippen LogP contribution >= 0.6 is 0 Å². The van der Waals surface area contributed by atoms with Crippen LogP contribution in [0.2, 0.25) is 0 Å². The van der Waals surface area contributed by atoms with Crippen molar-refractivity contribution in [1.82, 2.24) is 4.98 Å². The average Bonchev–Trinajstić information content (AvgIpc) is 3.13. The first-order valence-electron chi connectivity index (χ1n) is 9.96. The molecule has 144 valence electrons. The molecule has 5 heteroatoms. The van der Waals surface area contributed by atoms with E-state index in [-0.39, 0.29) is 5.91 Å². The van der Waals surface area contributed by atoms with E-state index in [0.717, 1.165) is 53.9 Å². The van der Waals surface area contributed by atoms with E-state index in [1.165, 1.54) is 0 Å². The minimum Gasteiger partial charge on any atom is -0.359 e. The summed E-state index contributed by atoms with van der Waals surface area (Å²) >= 11 is 0. The maximum atomic E-state index is 13.4. The number of hydrogen-bond acceptors (Lipinski definition) is 3. The van der Waals surface area contributed by atoms with Crippen LogP contribution in [0.4, 0.5) is 5.69 Å². The van der Waals surface area contributed by atoms with Gasteiger partial charge in [0.1, 0.15) is 0 Å². The highest BCUT2D eigenvalue weighted by Gasteiger charge is 2.34. The Bertz CT molecular complexity index is 987. The fraction of sp³-hybridized carbons (Fsp3) is 0.391. The molecule has 1 aromatic carbocycles. The number of amides is 1. The molecule has 3 N–H and O–H groups in total. The lowest BCUT2D eigenvalue weighted by molar-refractivity contribution is -0.113. The van der Waals surface area contributed by atoms with Gasteiger partial charge in [0.05, 0.1) is 22.9 Å². The summed E-state index contributed by atoms with van der Waals surface area (Å²) in [5.74, 6) is 0.493. The molecule has 1 saturated carbocycles. The Balaban J connectivity index is 1.71. The van der Waals surface area contributed by atoms with Crippen LogP contribution in [0.5, 0.6) is 0 Å². The largest absolute Gasteiger partial charge is 0.359 e. The normalized spacial score (nSPS) is 23.1. The number of anilines is 1. The number of nitrogens with zero attached hydrogens (tertiary/aromatic N) is 2. The first-order chi connectivity index (χ1) is 13.5. The number of aryl methyl sites for hydroxylation is 2. The van der Waals surface area contributed by atoms with Crippen LogP contribution in [0.1, 0.15) is 53.8 Å². The maximum Gasteiger partial charge on any atom is 0.259 e. The van der Waals surface area contributed by atoms with Gasteiger partial charge in [0.25, 0.3) is 5.91 Å². The fourth-order valence-corrected chi connectivity index (χ4v) is 4.42. The predicted octanol–water partition coefficient (Wildman–Crippen LogP) is 3.91. The Hall–Kier alpha value is -2.84. The summed E-state index contributed by atoms with van der Waals surface area (Å²) in [5, 5.41) is 9.32. The van der Waals surface area contributed by atoms with Gasteiger partial charge >= 0.3 is 0 Å². The van der Waals surface area contributed by atoms with E-state index in [2.05, 4.69) is 17.1 Å². The van der Waals surface area contributed by atoms with Gasteiger partial charge in [-0.05, 0) is 81.4 Å². The van der Waals surface area contributed by atoms with Gasteiger partial charge in [-0.25, -0.2) is 0 Å². The first kappa shape index (κ1) is 18.5. The minimum atomic E-state index is 0.0200. The Morgan fingerprint density at radius 3 is 2.64 bits per heavy atom. The molecule has 1 aliphatic carbocycles. The summed E-state index contributed by atoms with van der Waals surface area (Å²) in [5.41, 5.74) is 12.1. The molecule has 4 rings (SSSR count). The smallest absolute Gasteiger partial charge is 0.259 e. The summed E-state index contributed by atoms with van der Waals surface area (Å²) in [6.45, 7) is 4.75. The molecule has 2 aromatic rings. The van der Waals surface area contributed by atoms with E-state index < -0.39 is 0 Å². The zero-order valence-electron chi connectivity index (χ0n) is 16.5. The second-order valence-electron chi connectivity index (χ2n) is 8.15. The number of nitriles is 1. The number of nitrogens with one attached hydrogen (secondary N) is 1. The van der Waals surface area contributed by atoms with Crippen LogP contribution in [0.25, 0.3) is 11.6 Å². The highest BCUT2D eigenvalue weighted by molar-refractivity contribution is 6.35. The van der Waals surface area contributed by atoms with Gasteiger partial charge in [0.2, 0.25) is 0 Å². The summed E-state index contributed by atoms with van der Waals surface area (Å²) in [6.07, 6.45) is 6.10. The lowest BCUT2D eigenvalue weighted by Crippen LogP contribution is -2.36. The zero-order chi connectivity index (χ0) is 19.8. The minimum absolute atomic E-state index is 0.0200. The molecule has 0 spiro atoms. The highest BCUT2D eigenvalue weighted by atomic mass is 16.2. The Morgan fingerprint density at radius 2 is 2.00 bits per heavy atom. The number of nitrogens with two attached hydrogens (primary N) is 1. The Morgan fingerprint density at radius 1 is 1.25 bits per heavy atom. The number of hydrogen-bond donors (Lipinski definition) is 2. The van der Waals surface area contributed by atoms with E-state index in [1.54, 1.807) is 6.07 Å². The van der Waals surface area contributed by atoms with Crippen LogP contribution < -0.4 is 10.6 Å². The third kappa shape index (κ3) is 3.36. The van der Waals surface area contributed by atoms with Gasteiger partial charge in [0, 0.05) is 29.5 Å². The van der Waals surface area contributed by atoms with Crippen molar-refractivity contribution in [3.8, 4) is 6.07 Å². The van der Waals surface area contributed by atoms with Crippen molar-refractivity contribution in [2.75, 3.05) is 11.4 Å². The number of aromatic nitrogens is 1. The third-order valence-electron chi connectivity index (χ3n) is 5.99. The monoisotopic (exact) mass is 374 g/mol. The van der Waals surface area contributed by atoms with Crippen molar-refractivity contribution in [1.29, 1.82) is 5.26 Å². The summed E-state index contributed by atoms with van der Waals surface area (Å²) in [4.78, 5) is 18.6. The first-order valence-corrected chi connectivity index (χ1v) is 9.96. The van der Waals surface area contributed by atoms with Crippen molar-refractivity contribution in [3.05, 3.63) is 52.3 Å². The van der Waals surface area contributed by atoms with Gasteiger partial charge < -0.3 is 15.6 Å². The van der Waals surface area contributed by atoms with Gasteiger partial charge in [-0.1, -0.05) is 0 Å². The van der Waals surface area contributed by atoms with E-state index in [4.69, 9.17) is 5.73 Å². The second-order valence-corrected chi connectivity index (χ2v) is 8.15. The molecule has 0 radical (unpaired) electrons. The molecule has 1 amide bonds. The van der Waals surface area contributed by atoms with Crippen molar-refractivity contribution >= 4 is 23.2 Å². The number of aromatic amines is 1. The molecule has 0 atom stereocenters. The third-order valence-corrected chi connectivity index (χ3v) is 5.99. The lowest BCUT2D eigenvalue weighted by Gasteiger charge is -2.29. The molecule has 1 aromatic heterocycles. The van der Waals surface area contributed by atoms with E-state index in [9.17, 15) is 10.1 Å². The number of carbonyl (C=O) groups excluding carboxylic acids is 1. The van der Waals surface area contributed by atoms with Crippen LogP contribution in [0.3, 0.4) is 0 Å². The zero-order valence-corrected chi connectivity index (χ0v) is 16.5. The maximum absolute atomic E-state index is 13.4. The van der Waals surface area contributed by atoms with Crippen LogP contribution in [0, 0.1) is 31.1 Å². The van der Waals surface area contributed by atoms with Gasteiger partial charge in [-0.2, -0.15) is 5.26 Å². The van der Waals surface area contributed by atoms with E-state index in [0.29, 0.717) is 29.6 Å². The second kappa shape index (κ2) is 7.29. The molecule has 2 heterocycles. The molecule has 2 aliphatic rings. The SMILES string of the molecule is Cc1cc(C)c(/C=C2\C(=O)N(CC3CCC(N)CC3)c3ccc(C#N)cc32)[nH]1. The molecule has 28 heavy (non-hydrogen) atoms. The number of H-pyrrole nitrogens is 1. The van der Waals surface area contributed by atoms with Crippen molar-refractivity contribution < 1.29 is 4.79 Å². The van der Waals surface area contributed by atoms with Crippen molar-refractivity contribution in [3.63, 3.8) is 0 Å². The molecule has 0 saturated heterocycles. The number of fused-ring (bicyclic) bond motifs is 1. The number of benzene rings is 1. The van der Waals surface area contributed by atoms with Gasteiger partial charge in [-0.15, -0.1) is 0 Å². The molecule has 0 unspecified atom stereocenters. The lowest BCUT2D eigenvalue weighted by atomic mass is 9.86. The van der Waals surface area contributed by atoms with Gasteiger partial charge in [0.15, 0.2) is 0 Å². The van der Waals surface area contributed by atoms with Crippen molar-refractivity contribution in [2.24, 2.45) is 11.7 Å². The standard InChI is InChI=1S/C23H26N4O/c1-14-9-15(2)26-21(14)11-20-19-10-17(12-24)5-8-22(19)27(23(20)28)13-16-3-6-18(25)7-4-16/h5,8-11,16,18,26H,3-4,6-7,13,25H2,1-2H3/b20-11-. The highest BCUT2D eigenvalue weighted by Crippen LogP contribution is 2.40. The summed E-state index contributed by atoms with van der Waals surface area (Å²) in [7, 11) is 0. The molecule has 0 bridgehead atoms. The Kier molecular flexibility index (Phi) is 4.82. The van der Waals surface area contributed by atoms with Crippen LogP contribution in [-0.2, 0) is 4.79 Å². The molecule has 5 nitrogen and oxygen atoms in total. The van der Waals surface area contributed by atoms with E-state index in [1.807, 2.05) is 37.0 Å². The molecular weight excluding hydrogens is 348 g/mol. The Labute approximate surface area is 165 Å². The summed E-state index contributed by atoms with van der Waals surface area (Å²) in [6, 6.07) is 10.1. The number of rotatable bonds is 3. The van der Waals surface area contributed by atoms with E-state index >= 15 is 0 Å². The topological polar surface area (TPSA) is 85.9 Å². The van der Waals surface area contributed by atoms with Crippen LogP contribution in [0.15, 0.2) is 24.3 Å². The predicted molar refractivity (Wildman–Crippen MR) is 112 cm³/mol. The molecule has 1 aliphatic heterocycles. The summed E-state index contributed by atoms with van der Waals surface area (Å²) < 4.78 is 0. The number of carbonyl (C=O) groups is 1. The van der Waals surface area contributed by atoms with Crippen LogP contribution in [-0.4, -0.2) is 23.5 Å². The van der Waals surface area contributed by atoms with Gasteiger partial charge in [-0.3, -0.25) is 4.79 Å². The average molecular weight is 374 g/mol.